The molecule has 5 heteroatoms. The molecule has 1 aromatic rings. The van der Waals surface area contributed by atoms with E-state index in [2.05, 4.69) is 0 Å². The van der Waals surface area contributed by atoms with Gasteiger partial charge in [0.05, 0.1) is 11.5 Å². The van der Waals surface area contributed by atoms with Crippen molar-refractivity contribution < 1.29 is 13.5 Å². The monoisotopic (exact) mass is 285 g/mol. The van der Waals surface area contributed by atoms with E-state index in [0.29, 0.717) is 22.6 Å². The lowest BCUT2D eigenvalue weighted by Gasteiger charge is -2.27. The molecule has 19 heavy (non-hydrogen) atoms. The van der Waals surface area contributed by atoms with Gasteiger partial charge in [-0.1, -0.05) is 26.0 Å². The van der Waals surface area contributed by atoms with Gasteiger partial charge in [-0.05, 0) is 37.5 Å². The predicted molar refractivity (Wildman–Crippen MR) is 76.4 cm³/mol. The summed E-state index contributed by atoms with van der Waals surface area (Å²) in [5, 5.41) is 9.16. The summed E-state index contributed by atoms with van der Waals surface area (Å²) in [5.74, 6) is 0. The van der Waals surface area contributed by atoms with Crippen LogP contribution in [0.15, 0.2) is 23.1 Å². The Morgan fingerprint density at radius 2 is 1.95 bits per heavy atom. The van der Waals surface area contributed by atoms with Gasteiger partial charge in [0.15, 0.2) is 0 Å². The maximum atomic E-state index is 12.7. The van der Waals surface area contributed by atoms with Crippen LogP contribution in [0.3, 0.4) is 0 Å². The molecule has 0 aliphatic rings. The first-order chi connectivity index (χ1) is 8.88. The van der Waals surface area contributed by atoms with Crippen LogP contribution in [-0.2, 0) is 16.6 Å². The molecule has 0 saturated carbocycles. The van der Waals surface area contributed by atoms with Crippen molar-refractivity contribution in [3.05, 3.63) is 29.3 Å². The lowest BCUT2D eigenvalue weighted by Crippen LogP contribution is -2.38. The molecular weight excluding hydrogens is 262 g/mol. The van der Waals surface area contributed by atoms with Crippen LogP contribution in [0.5, 0.6) is 0 Å². The number of aliphatic hydroxyl groups excluding tert-OH is 1. The van der Waals surface area contributed by atoms with Crippen LogP contribution >= 0.6 is 0 Å². The van der Waals surface area contributed by atoms with Crippen molar-refractivity contribution in [3.63, 3.8) is 0 Å². The number of aryl methyl sites for hydroxylation is 1. The molecule has 0 bridgehead atoms. The van der Waals surface area contributed by atoms with Crippen molar-refractivity contribution >= 4 is 10.0 Å². The van der Waals surface area contributed by atoms with Crippen LogP contribution < -0.4 is 0 Å². The van der Waals surface area contributed by atoms with Crippen LogP contribution in [0.1, 0.15) is 38.3 Å². The second-order valence-electron chi connectivity index (χ2n) is 4.72. The van der Waals surface area contributed by atoms with E-state index in [4.69, 9.17) is 5.11 Å². The van der Waals surface area contributed by atoms with E-state index < -0.39 is 10.0 Å². The highest BCUT2D eigenvalue weighted by atomic mass is 32.2. The summed E-state index contributed by atoms with van der Waals surface area (Å²) in [4.78, 5) is 0.293. The molecule has 1 N–H and O–H groups in total. The van der Waals surface area contributed by atoms with Crippen molar-refractivity contribution in [2.75, 3.05) is 6.54 Å². The van der Waals surface area contributed by atoms with Crippen LogP contribution in [0.4, 0.5) is 0 Å². The van der Waals surface area contributed by atoms with E-state index in [9.17, 15) is 8.42 Å². The molecule has 0 amide bonds. The van der Waals surface area contributed by atoms with E-state index in [0.717, 1.165) is 6.42 Å². The van der Waals surface area contributed by atoms with E-state index in [1.807, 2.05) is 20.8 Å². The van der Waals surface area contributed by atoms with Gasteiger partial charge in [-0.15, -0.1) is 0 Å². The van der Waals surface area contributed by atoms with Gasteiger partial charge in [-0.25, -0.2) is 8.42 Å². The highest BCUT2D eigenvalue weighted by molar-refractivity contribution is 7.89. The number of hydrogen-bond acceptors (Lipinski definition) is 3. The third-order valence-electron chi connectivity index (χ3n) is 3.42. The van der Waals surface area contributed by atoms with Crippen LogP contribution in [0, 0.1) is 6.92 Å². The summed E-state index contributed by atoms with van der Waals surface area (Å²) < 4.78 is 26.9. The highest BCUT2D eigenvalue weighted by Gasteiger charge is 2.28. The Morgan fingerprint density at radius 1 is 1.32 bits per heavy atom. The first-order valence-corrected chi connectivity index (χ1v) is 8.04. The summed E-state index contributed by atoms with van der Waals surface area (Å²) in [6.45, 7) is 7.79. The summed E-state index contributed by atoms with van der Waals surface area (Å²) in [6.07, 6.45) is 0.770. The second kappa shape index (κ2) is 6.50. The molecule has 0 radical (unpaired) electrons. The minimum atomic E-state index is -3.50. The highest BCUT2D eigenvalue weighted by Crippen LogP contribution is 2.23. The van der Waals surface area contributed by atoms with Gasteiger partial charge >= 0.3 is 0 Å². The largest absolute Gasteiger partial charge is 0.392 e. The number of sulfonamides is 1. The molecule has 1 rings (SSSR count). The van der Waals surface area contributed by atoms with Crippen molar-refractivity contribution in [3.8, 4) is 0 Å². The quantitative estimate of drug-likeness (QED) is 0.872. The van der Waals surface area contributed by atoms with Gasteiger partial charge < -0.3 is 5.11 Å². The van der Waals surface area contributed by atoms with Gasteiger partial charge in [0.2, 0.25) is 10.0 Å². The molecule has 1 aromatic carbocycles. The molecule has 0 aliphatic heterocycles. The molecule has 0 saturated heterocycles. The lowest BCUT2D eigenvalue weighted by molar-refractivity contribution is 0.281. The summed E-state index contributed by atoms with van der Waals surface area (Å²) in [6, 6.07) is 5.01. The molecule has 0 aliphatic carbocycles. The van der Waals surface area contributed by atoms with Crippen molar-refractivity contribution in [2.45, 2.75) is 51.7 Å². The first-order valence-electron chi connectivity index (χ1n) is 6.60. The molecule has 4 nitrogen and oxygen atoms in total. The number of rotatable bonds is 6. The van der Waals surface area contributed by atoms with Crippen LogP contribution in [0.25, 0.3) is 0 Å². The zero-order valence-electron chi connectivity index (χ0n) is 12.0. The van der Waals surface area contributed by atoms with Gasteiger partial charge in [0.1, 0.15) is 0 Å². The minimum Gasteiger partial charge on any atom is -0.392 e. The zero-order chi connectivity index (χ0) is 14.6. The molecule has 1 unspecified atom stereocenters. The molecule has 108 valence electrons. The van der Waals surface area contributed by atoms with E-state index in [-0.39, 0.29) is 12.6 Å². The Morgan fingerprint density at radius 3 is 2.42 bits per heavy atom. The van der Waals surface area contributed by atoms with Crippen molar-refractivity contribution in [1.29, 1.82) is 0 Å². The maximum Gasteiger partial charge on any atom is 0.243 e. The van der Waals surface area contributed by atoms with E-state index in [1.54, 1.807) is 25.1 Å². The van der Waals surface area contributed by atoms with Crippen molar-refractivity contribution in [1.82, 2.24) is 4.31 Å². The van der Waals surface area contributed by atoms with Gasteiger partial charge in [-0.3, -0.25) is 0 Å². The maximum absolute atomic E-state index is 12.7. The Balaban J connectivity index is 3.33. The molecule has 1 atom stereocenters. The molecule has 0 spiro atoms. The normalized spacial score (nSPS) is 13.8. The topological polar surface area (TPSA) is 57.6 Å². The molecule has 0 aromatic heterocycles. The first kappa shape index (κ1) is 16.1. The fourth-order valence-electron chi connectivity index (χ4n) is 2.07. The van der Waals surface area contributed by atoms with E-state index >= 15 is 0 Å². The summed E-state index contributed by atoms with van der Waals surface area (Å²) in [5.41, 5.74) is 1.32. The SMILES string of the molecule is CCC(C)N(CC)S(=O)(=O)c1cc(CO)ccc1C. The van der Waals surface area contributed by atoms with E-state index in [1.165, 1.54) is 4.31 Å². The Labute approximate surface area is 116 Å². The zero-order valence-corrected chi connectivity index (χ0v) is 12.9. The van der Waals surface area contributed by atoms with Gasteiger partial charge in [0.25, 0.3) is 0 Å². The Kier molecular flexibility index (Phi) is 5.52. The summed E-state index contributed by atoms with van der Waals surface area (Å²) >= 11 is 0. The standard InChI is InChI=1S/C14H23NO3S/c1-5-12(4)15(6-2)19(17,18)14-9-13(10-16)8-7-11(14)3/h7-9,12,16H,5-6,10H2,1-4H3. The average molecular weight is 285 g/mol. The summed E-state index contributed by atoms with van der Waals surface area (Å²) in [7, 11) is -3.50. The van der Waals surface area contributed by atoms with Crippen molar-refractivity contribution in [2.24, 2.45) is 0 Å². The third kappa shape index (κ3) is 3.35. The predicted octanol–water partition coefficient (Wildman–Crippen LogP) is 2.30. The lowest BCUT2D eigenvalue weighted by atomic mass is 10.2. The smallest absolute Gasteiger partial charge is 0.243 e. The third-order valence-corrected chi connectivity index (χ3v) is 5.65. The van der Waals surface area contributed by atoms with Gasteiger partial charge in [0, 0.05) is 12.6 Å². The minimum absolute atomic E-state index is 0.0350. The number of aliphatic hydroxyl groups is 1. The average Bonchev–Trinajstić information content (AvgIpc) is 2.39. The Bertz CT molecular complexity index is 525. The molecular formula is C14H23NO3S. The second-order valence-corrected chi connectivity index (χ2v) is 6.58. The van der Waals surface area contributed by atoms with Crippen LogP contribution in [-0.4, -0.2) is 30.4 Å². The van der Waals surface area contributed by atoms with Crippen LogP contribution in [0.2, 0.25) is 0 Å². The van der Waals surface area contributed by atoms with Gasteiger partial charge in [-0.2, -0.15) is 4.31 Å². The molecule has 0 fully saturated rings. The molecule has 0 heterocycles. The number of benzene rings is 1. The fraction of sp³-hybridized carbons (Fsp3) is 0.571. The number of nitrogens with zero attached hydrogens (tertiary/aromatic N) is 1. The Hall–Kier alpha value is -0.910. The number of hydrogen-bond donors (Lipinski definition) is 1. The fourth-order valence-corrected chi connectivity index (χ4v) is 4.06.